The molecule has 0 unspecified atom stereocenters. The minimum Gasteiger partial charge on any atom is -0.497 e. The van der Waals surface area contributed by atoms with Crippen LogP contribution >= 0.6 is 0 Å². The van der Waals surface area contributed by atoms with E-state index in [1.54, 1.807) is 13.3 Å². The Bertz CT molecular complexity index is 1190. The van der Waals surface area contributed by atoms with Gasteiger partial charge < -0.3 is 18.9 Å². The van der Waals surface area contributed by atoms with E-state index in [1.165, 1.54) is 5.56 Å². The molecule has 1 fully saturated rings. The summed E-state index contributed by atoms with van der Waals surface area (Å²) in [6, 6.07) is 14.2. The smallest absolute Gasteiger partial charge is 0.339 e. The van der Waals surface area contributed by atoms with E-state index in [0.29, 0.717) is 37.3 Å². The van der Waals surface area contributed by atoms with Gasteiger partial charge in [-0.15, -0.1) is 0 Å². The Kier molecular flexibility index (Phi) is 7.04. The number of esters is 1. The number of fused-ring (bicyclic) bond motifs is 2. The summed E-state index contributed by atoms with van der Waals surface area (Å²) in [6.45, 7) is 2.54. The van der Waals surface area contributed by atoms with Gasteiger partial charge in [0.25, 0.3) is 0 Å². The second kappa shape index (κ2) is 10.5. The fourth-order valence-electron chi connectivity index (χ4n) is 4.98. The molecule has 1 aliphatic carbocycles. The van der Waals surface area contributed by atoms with Gasteiger partial charge in [-0.3, -0.25) is 9.88 Å². The number of carbonyl (C=O) groups excluding carboxylic acids is 1. The zero-order chi connectivity index (χ0) is 24.2. The number of benzene rings is 2. The Morgan fingerprint density at radius 3 is 2.63 bits per heavy atom. The summed E-state index contributed by atoms with van der Waals surface area (Å²) in [5.74, 6) is 2.48. The topological polar surface area (TPSA) is 70.1 Å². The highest BCUT2D eigenvalue weighted by molar-refractivity contribution is 5.93. The quantitative estimate of drug-likeness (QED) is 0.451. The van der Waals surface area contributed by atoms with Gasteiger partial charge in [-0.25, -0.2) is 4.79 Å². The van der Waals surface area contributed by atoms with E-state index in [-0.39, 0.29) is 5.97 Å². The Morgan fingerprint density at radius 2 is 1.83 bits per heavy atom. The molecular formula is C28H32N2O5. The number of rotatable bonds is 7. The molecule has 0 bridgehead atoms. The molecule has 3 aromatic rings. The molecule has 0 amide bonds. The van der Waals surface area contributed by atoms with Crippen LogP contribution in [-0.4, -0.2) is 55.9 Å². The van der Waals surface area contributed by atoms with Crippen molar-refractivity contribution in [2.24, 2.45) is 5.92 Å². The number of hydrogen-bond acceptors (Lipinski definition) is 7. The predicted molar refractivity (Wildman–Crippen MR) is 133 cm³/mol. The van der Waals surface area contributed by atoms with Gasteiger partial charge in [-0.05, 0) is 80.6 Å². The lowest BCUT2D eigenvalue weighted by atomic mass is 9.86. The van der Waals surface area contributed by atoms with Crippen LogP contribution in [0.1, 0.15) is 41.6 Å². The van der Waals surface area contributed by atoms with E-state index < -0.39 is 0 Å². The molecule has 184 valence electrons. The molecule has 1 aromatic heterocycles. The summed E-state index contributed by atoms with van der Waals surface area (Å²) in [5, 5.41) is 0.861. The fraction of sp³-hybridized carbons (Fsp3) is 0.429. The van der Waals surface area contributed by atoms with Crippen LogP contribution in [0.15, 0.2) is 48.7 Å². The minimum absolute atomic E-state index is 0.319. The Hall–Kier alpha value is -3.32. The number of ether oxygens (including phenoxy) is 4. The van der Waals surface area contributed by atoms with Crippen LogP contribution < -0.4 is 14.2 Å². The zero-order valence-corrected chi connectivity index (χ0v) is 20.4. The van der Waals surface area contributed by atoms with E-state index >= 15 is 0 Å². The molecule has 1 aliphatic heterocycles. The molecule has 0 radical (unpaired) electrons. The van der Waals surface area contributed by atoms with Crippen LogP contribution in [0.5, 0.6) is 17.2 Å². The average molecular weight is 477 g/mol. The third kappa shape index (κ3) is 5.51. The number of methoxy groups -OCH3 is 1. The lowest BCUT2D eigenvalue weighted by molar-refractivity contribution is 0.0375. The number of carbonyl (C=O) groups is 1. The van der Waals surface area contributed by atoms with Crippen LogP contribution in [0.2, 0.25) is 0 Å². The summed E-state index contributed by atoms with van der Waals surface area (Å²) in [5.41, 5.74) is 2.52. The largest absolute Gasteiger partial charge is 0.497 e. The Balaban J connectivity index is 1.10. The maximum absolute atomic E-state index is 12.6. The monoisotopic (exact) mass is 476 g/mol. The third-order valence-electron chi connectivity index (χ3n) is 7.05. The standard InChI is InChI=1S/C28H32N2O5/c1-30(17-20-5-10-26-27(13-20)34-12-11-33-26)23-6-3-19(4-7-23)18-35-28(31)22-14-21-15-24(32-2)8-9-25(21)29-16-22/h5,8-10,13-16,19,23H,3-4,6-7,11-12,17-18H2,1-2H3. The van der Waals surface area contributed by atoms with Crippen molar-refractivity contribution >= 4 is 16.9 Å². The van der Waals surface area contributed by atoms with Crippen molar-refractivity contribution in [3.8, 4) is 17.2 Å². The summed E-state index contributed by atoms with van der Waals surface area (Å²) >= 11 is 0. The predicted octanol–water partition coefficient (Wildman–Crippen LogP) is 4.86. The van der Waals surface area contributed by atoms with Crippen LogP contribution in [0, 0.1) is 5.92 Å². The molecule has 7 nitrogen and oxygen atoms in total. The van der Waals surface area contributed by atoms with Crippen LogP contribution in [0.25, 0.3) is 10.9 Å². The molecule has 2 heterocycles. The lowest BCUT2D eigenvalue weighted by Crippen LogP contribution is -2.35. The van der Waals surface area contributed by atoms with Crippen molar-refractivity contribution in [1.82, 2.24) is 9.88 Å². The fourth-order valence-corrected chi connectivity index (χ4v) is 4.98. The maximum Gasteiger partial charge on any atom is 0.339 e. The second-order valence-corrected chi connectivity index (χ2v) is 9.45. The van der Waals surface area contributed by atoms with Gasteiger partial charge in [-0.1, -0.05) is 6.07 Å². The Labute approximate surface area is 205 Å². The minimum atomic E-state index is -0.319. The molecule has 7 heteroatoms. The molecule has 1 saturated carbocycles. The van der Waals surface area contributed by atoms with Gasteiger partial charge in [0, 0.05) is 24.2 Å². The van der Waals surface area contributed by atoms with Gasteiger partial charge in [0.1, 0.15) is 19.0 Å². The normalized spacial score (nSPS) is 19.5. The van der Waals surface area contributed by atoms with E-state index in [4.69, 9.17) is 18.9 Å². The van der Waals surface area contributed by atoms with Crippen molar-refractivity contribution in [3.63, 3.8) is 0 Å². The van der Waals surface area contributed by atoms with Crippen molar-refractivity contribution in [1.29, 1.82) is 0 Å². The molecular weight excluding hydrogens is 444 g/mol. The molecule has 0 spiro atoms. The third-order valence-corrected chi connectivity index (χ3v) is 7.05. The average Bonchev–Trinajstić information content (AvgIpc) is 2.91. The van der Waals surface area contributed by atoms with Crippen molar-refractivity contribution in [3.05, 3.63) is 59.8 Å². The van der Waals surface area contributed by atoms with E-state index in [1.807, 2.05) is 30.3 Å². The lowest BCUT2D eigenvalue weighted by Gasteiger charge is -2.34. The van der Waals surface area contributed by atoms with Gasteiger partial charge >= 0.3 is 5.97 Å². The van der Waals surface area contributed by atoms with Gasteiger partial charge in [0.05, 0.1) is 24.8 Å². The molecule has 2 aliphatic rings. The summed E-state index contributed by atoms with van der Waals surface area (Å²) in [4.78, 5) is 19.4. The summed E-state index contributed by atoms with van der Waals surface area (Å²) in [6.07, 6.45) is 5.88. The second-order valence-electron chi connectivity index (χ2n) is 9.45. The van der Waals surface area contributed by atoms with Gasteiger partial charge in [-0.2, -0.15) is 0 Å². The van der Waals surface area contributed by atoms with Crippen LogP contribution in [-0.2, 0) is 11.3 Å². The molecule has 0 atom stereocenters. The molecule has 0 saturated heterocycles. The van der Waals surface area contributed by atoms with Gasteiger partial charge in [0.15, 0.2) is 11.5 Å². The number of nitrogens with zero attached hydrogens (tertiary/aromatic N) is 2. The first-order valence-electron chi connectivity index (χ1n) is 12.3. The highest BCUT2D eigenvalue weighted by Gasteiger charge is 2.25. The SMILES string of the molecule is COc1ccc2ncc(C(=O)OCC3CCC(N(C)Cc4ccc5c(c4)OCCO5)CC3)cc2c1. The van der Waals surface area contributed by atoms with Crippen LogP contribution in [0.4, 0.5) is 0 Å². The van der Waals surface area contributed by atoms with Gasteiger partial charge in [0.2, 0.25) is 0 Å². The summed E-state index contributed by atoms with van der Waals surface area (Å²) in [7, 11) is 3.81. The first kappa shape index (κ1) is 23.4. The molecule has 0 N–H and O–H groups in total. The summed E-state index contributed by atoms with van der Waals surface area (Å²) < 4.78 is 22.3. The first-order valence-corrected chi connectivity index (χ1v) is 12.3. The Morgan fingerprint density at radius 1 is 1.03 bits per heavy atom. The van der Waals surface area contributed by atoms with Crippen LogP contribution in [0.3, 0.4) is 0 Å². The van der Waals surface area contributed by atoms with Crippen molar-refractivity contribution in [2.45, 2.75) is 38.3 Å². The van der Waals surface area contributed by atoms with E-state index in [9.17, 15) is 4.79 Å². The zero-order valence-electron chi connectivity index (χ0n) is 20.4. The highest BCUT2D eigenvalue weighted by Crippen LogP contribution is 2.32. The molecule has 5 rings (SSSR count). The molecule has 35 heavy (non-hydrogen) atoms. The maximum atomic E-state index is 12.6. The first-order chi connectivity index (χ1) is 17.1. The number of hydrogen-bond donors (Lipinski definition) is 0. The van der Waals surface area contributed by atoms with E-state index in [2.05, 4.69) is 29.1 Å². The van der Waals surface area contributed by atoms with E-state index in [0.717, 1.165) is 60.4 Å². The molecule has 2 aromatic carbocycles. The number of aromatic nitrogens is 1. The van der Waals surface area contributed by atoms with Crippen molar-refractivity contribution < 1.29 is 23.7 Å². The highest BCUT2D eigenvalue weighted by atomic mass is 16.6. The number of pyridine rings is 1. The van der Waals surface area contributed by atoms with Crippen molar-refractivity contribution in [2.75, 3.05) is 34.0 Å².